The van der Waals surface area contributed by atoms with Gasteiger partial charge in [-0.05, 0) is 12.8 Å². The summed E-state index contributed by atoms with van der Waals surface area (Å²) < 4.78 is 0. The largest absolute Gasteiger partial charge is 0.325 e. The van der Waals surface area contributed by atoms with Gasteiger partial charge in [0, 0.05) is 20.1 Å². The molecule has 0 atom stereocenters. The zero-order valence-electron chi connectivity index (χ0n) is 8.83. The van der Waals surface area contributed by atoms with E-state index in [0.29, 0.717) is 6.54 Å². The molecule has 14 heavy (non-hydrogen) atoms. The highest BCUT2D eigenvalue weighted by Gasteiger charge is 2.17. The van der Waals surface area contributed by atoms with E-state index in [9.17, 15) is 4.79 Å². The minimum Gasteiger partial charge on any atom is -0.325 e. The smallest absolute Gasteiger partial charge is 0.320 e. The van der Waals surface area contributed by atoms with Crippen LogP contribution >= 0.6 is 0 Å². The van der Waals surface area contributed by atoms with Crippen molar-refractivity contribution >= 4 is 6.03 Å². The van der Waals surface area contributed by atoms with Crippen molar-refractivity contribution < 1.29 is 4.79 Å². The summed E-state index contributed by atoms with van der Waals surface area (Å²) in [6.07, 6.45) is 9.88. The van der Waals surface area contributed by atoms with Crippen molar-refractivity contribution in [2.75, 3.05) is 26.7 Å². The number of amides is 2. The summed E-state index contributed by atoms with van der Waals surface area (Å²) in [5, 5.41) is 0. The number of nitrogens with zero attached hydrogens (tertiary/aromatic N) is 2. The average Bonchev–Trinajstić information content (AvgIpc) is 2.45. The number of terminal acetylenes is 1. The van der Waals surface area contributed by atoms with Gasteiger partial charge in [0.05, 0.1) is 6.54 Å². The van der Waals surface area contributed by atoms with Crippen LogP contribution in [0.5, 0.6) is 0 Å². The first-order chi connectivity index (χ1) is 6.75. The molecule has 3 heteroatoms. The summed E-state index contributed by atoms with van der Waals surface area (Å²) >= 11 is 0. The van der Waals surface area contributed by atoms with Crippen molar-refractivity contribution in [1.29, 1.82) is 0 Å². The Bertz CT molecular complexity index is 224. The van der Waals surface area contributed by atoms with Crippen LogP contribution in [0.2, 0.25) is 0 Å². The van der Waals surface area contributed by atoms with E-state index in [0.717, 1.165) is 25.9 Å². The Balaban J connectivity index is 2.45. The average molecular weight is 194 g/mol. The van der Waals surface area contributed by atoms with E-state index < -0.39 is 0 Å². The number of likely N-dealkylation sites (tertiary alicyclic amines) is 1. The molecule has 0 aromatic rings. The van der Waals surface area contributed by atoms with Gasteiger partial charge in [0.25, 0.3) is 0 Å². The summed E-state index contributed by atoms with van der Waals surface area (Å²) in [5.74, 6) is 2.48. The fraction of sp³-hybridized carbons (Fsp3) is 0.727. The first-order valence-corrected chi connectivity index (χ1v) is 5.19. The topological polar surface area (TPSA) is 23.6 Å². The number of rotatable bonds is 1. The van der Waals surface area contributed by atoms with Gasteiger partial charge in [-0.2, -0.15) is 0 Å². The van der Waals surface area contributed by atoms with Crippen molar-refractivity contribution in [1.82, 2.24) is 9.80 Å². The molecule has 0 spiro atoms. The Hall–Kier alpha value is -1.17. The summed E-state index contributed by atoms with van der Waals surface area (Å²) in [7, 11) is 1.76. The minimum atomic E-state index is 0.0739. The maximum absolute atomic E-state index is 11.8. The molecule has 0 aliphatic carbocycles. The van der Waals surface area contributed by atoms with Gasteiger partial charge >= 0.3 is 6.03 Å². The molecule has 0 aromatic carbocycles. The normalized spacial score (nSPS) is 17.0. The third-order valence-electron chi connectivity index (χ3n) is 2.53. The number of urea groups is 1. The van der Waals surface area contributed by atoms with E-state index in [1.54, 1.807) is 11.9 Å². The highest BCUT2D eigenvalue weighted by atomic mass is 16.2. The van der Waals surface area contributed by atoms with Crippen molar-refractivity contribution in [2.45, 2.75) is 25.7 Å². The summed E-state index contributed by atoms with van der Waals surface area (Å²) in [5.41, 5.74) is 0. The van der Waals surface area contributed by atoms with E-state index in [2.05, 4.69) is 5.92 Å². The fourth-order valence-electron chi connectivity index (χ4n) is 1.71. The van der Waals surface area contributed by atoms with Crippen LogP contribution in [-0.4, -0.2) is 42.5 Å². The maximum atomic E-state index is 11.8. The lowest BCUT2D eigenvalue weighted by atomic mass is 10.2. The molecule has 1 saturated heterocycles. The highest BCUT2D eigenvalue weighted by molar-refractivity contribution is 5.74. The molecular formula is C11H18N2O. The summed E-state index contributed by atoms with van der Waals surface area (Å²) in [6, 6.07) is 0.0739. The molecule has 0 saturated carbocycles. The van der Waals surface area contributed by atoms with Gasteiger partial charge in [-0.25, -0.2) is 4.79 Å². The van der Waals surface area contributed by atoms with Crippen LogP contribution in [0.25, 0.3) is 0 Å². The van der Waals surface area contributed by atoms with Crippen LogP contribution in [0.1, 0.15) is 25.7 Å². The second-order valence-electron chi connectivity index (χ2n) is 3.74. The van der Waals surface area contributed by atoms with E-state index in [-0.39, 0.29) is 6.03 Å². The molecule has 0 unspecified atom stereocenters. The van der Waals surface area contributed by atoms with Gasteiger partial charge in [-0.1, -0.05) is 18.8 Å². The second-order valence-corrected chi connectivity index (χ2v) is 3.74. The third kappa shape index (κ3) is 2.95. The molecule has 2 amide bonds. The predicted octanol–water partition coefficient (Wildman–Crippen LogP) is 1.55. The minimum absolute atomic E-state index is 0.0739. The summed E-state index contributed by atoms with van der Waals surface area (Å²) in [6.45, 7) is 2.16. The SMILES string of the molecule is C#CCN(C)C(=O)N1CCCCCC1. The van der Waals surface area contributed by atoms with E-state index >= 15 is 0 Å². The van der Waals surface area contributed by atoms with E-state index in [1.807, 2.05) is 4.90 Å². The maximum Gasteiger partial charge on any atom is 0.320 e. The Morgan fingerprint density at radius 3 is 2.43 bits per heavy atom. The number of carbonyl (C=O) groups is 1. The number of hydrogen-bond acceptors (Lipinski definition) is 1. The zero-order chi connectivity index (χ0) is 10.4. The molecule has 1 fully saturated rings. The molecule has 0 aromatic heterocycles. The van der Waals surface area contributed by atoms with E-state index in [1.165, 1.54) is 12.8 Å². The van der Waals surface area contributed by atoms with Crippen LogP contribution in [0.15, 0.2) is 0 Å². The van der Waals surface area contributed by atoms with E-state index in [4.69, 9.17) is 6.42 Å². The lowest BCUT2D eigenvalue weighted by molar-refractivity contribution is 0.169. The highest BCUT2D eigenvalue weighted by Crippen LogP contribution is 2.10. The molecular weight excluding hydrogens is 176 g/mol. The molecule has 1 rings (SSSR count). The van der Waals surface area contributed by atoms with Crippen LogP contribution < -0.4 is 0 Å². The molecule has 1 aliphatic rings. The van der Waals surface area contributed by atoms with Gasteiger partial charge in [-0.15, -0.1) is 6.42 Å². The van der Waals surface area contributed by atoms with Gasteiger partial charge in [0.15, 0.2) is 0 Å². The quantitative estimate of drug-likeness (QED) is 0.581. The first-order valence-electron chi connectivity index (χ1n) is 5.19. The van der Waals surface area contributed by atoms with Crippen molar-refractivity contribution in [3.8, 4) is 12.3 Å². The molecule has 3 nitrogen and oxygen atoms in total. The molecule has 0 radical (unpaired) electrons. The van der Waals surface area contributed by atoms with Crippen LogP contribution in [-0.2, 0) is 0 Å². The first kappa shape index (κ1) is 10.9. The monoisotopic (exact) mass is 194 g/mol. The van der Waals surface area contributed by atoms with Gasteiger partial charge < -0.3 is 9.80 Å². The number of carbonyl (C=O) groups excluding carboxylic acids is 1. The summed E-state index contributed by atoms with van der Waals surface area (Å²) in [4.78, 5) is 15.3. The Kier molecular flexibility index (Phi) is 4.31. The van der Waals surface area contributed by atoms with Gasteiger partial charge in [0.1, 0.15) is 0 Å². The second kappa shape index (κ2) is 5.54. The molecule has 78 valence electrons. The predicted molar refractivity (Wildman–Crippen MR) is 56.9 cm³/mol. The van der Waals surface area contributed by atoms with Gasteiger partial charge in [-0.3, -0.25) is 0 Å². The van der Waals surface area contributed by atoms with Crippen molar-refractivity contribution in [3.63, 3.8) is 0 Å². The Labute approximate surface area is 86.1 Å². The lowest BCUT2D eigenvalue weighted by Gasteiger charge is -2.25. The molecule has 1 aliphatic heterocycles. The van der Waals surface area contributed by atoms with Crippen molar-refractivity contribution in [3.05, 3.63) is 0 Å². The lowest BCUT2D eigenvalue weighted by Crippen LogP contribution is -2.41. The molecule has 0 N–H and O–H groups in total. The molecule has 0 bridgehead atoms. The fourth-order valence-corrected chi connectivity index (χ4v) is 1.71. The van der Waals surface area contributed by atoms with Crippen molar-refractivity contribution in [2.24, 2.45) is 0 Å². The van der Waals surface area contributed by atoms with Gasteiger partial charge in [0.2, 0.25) is 0 Å². The Morgan fingerprint density at radius 2 is 1.93 bits per heavy atom. The van der Waals surface area contributed by atoms with Crippen LogP contribution in [0.3, 0.4) is 0 Å². The van der Waals surface area contributed by atoms with Crippen LogP contribution in [0.4, 0.5) is 4.79 Å². The number of hydrogen-bond donors (Lipinski definition) is 0. The Morgan fingerprint density at radius 1 is 1.36 bits per heavy atom. The molecule has 1 heterocycles. The van der Waals surface area contributed by atoms with Crippen LogP contribution in [0, 0.1) is 12.3 Å². The third-order valence-corrected chi connectivity index (χ3v) is 2.53. The standard InChI is InChI=1S/C11H18N2O/c1-3-8-12(2)11(14)13-9-6-4-5-7-10-13/h1H,4-10H2,2H3. The zero-order valence-corrected chi connectivity index (χ0v) is 8.83.